The van der Waals surface area contributed by atoms with Crippen LogP contribution in [0.15, 0.2) is 0 Å². The molecule has 0 spiro atoms. The molecule has 1 aliphatic rings. The van der Waals surface area contributed by atoms with Gasteiger partial charge in [0.05, 0.1) is 0 Å². The summed E-state index contributed by atoms with van der Waals surface area (Å²) in [5.74, 6) is 1.22. The SMILES string of the molecule is CC(C)CCN1CCC(CNc2nnc(C(F)(F)F)s2)CC1. The fraction of sp³-hybridized carbons (Fsp3) is 0.857. The fourth-order valence-corrected chi connectivity index (χ4v) is 3.11. The molecule has 1 aromatic rings. The minimum absolute atomic E-state index is 0.259. The van der Waals surface area contributed by atoms with E-state index < -0.39 is 11.2 Å². The molecule has 1 aromatic heterocycles. The second-order valence-corrected chi connectivity index (χ2v) is 7.24. The van der Waals surface area contributed by atoms with Gasteiger partial charge in [-0.1, -0.05) is 25.2 Å². The maximum absolute atomic E-state index is 12.4. The molecule has 0 amide bonds. The Kier molecular flexibility index (Phi) is 6.02. The van der Waals surface area contributed by atoms with Crippen LogP contribution in [0.2, 0.25) is 0 Å². The maximum atomic E-state index is 12.4. The van der Waals surface area contributed by atoms with Crippen LogP contribution < -0.4 is 5.32 Å². The van der Waals surface area contributed by atoms with Crippen molar-refractivity contribution in [3.63, 3.8) is 0 Å². The van der Waals surface area contributed by atoms with E-state index in [0.717, 1.165) is 38.4 Å². The molecule has 1 N–H and O–H groups in total. The van der Waals surface area contributed by atoms with Gasteiger partial charge < -0.3 is 10.2 Å². The van der Waals surface area contributed by atoms with Crippen LogP contribution in [-0.2, 0) is 6.18 Å². The van der Waals surface area contributed by atoms with Gasteiger partial charge in [0.25, 0.3) is 0 Å². The molecule has 22 heavy (non-hydrogen) atoms. The Morgan fingerprint density at radius 2 is 1.95 bits per heavy atom. The van der Waals surface area contributed by atoms with Gasteiger partial charge in [0.1, 0.15) is 0 Å². The molecular formula is C14H23F3N4S. The molecule has 0 unspecified atom stereocenters. The summed E-state index contributed by atoms with van der Waals surface area (Å²) in [6.07, 6.45) is -1.03. The minimum atomic E-state index is -4.40. The Hall–Kier alpha value is -0.890. The molecule has 2 rings (SSSR count). The summed E-state index contributed by atoms with van der Waals surface area (Å²) < 4.78 is 37.3. The highest BCUT2D eigenvalue weighted by Crippen LogP contribution is 2.33. The molecule has 0 saturated carbocycles. The predicted molar refractivity (Wildman–Crippen MR) is 82.0 cm³/mol. The van der Waals surface area contributed by atoms with Crippen molar-refractivity contribution in [1.29, 1.82) is 0 Å². The normalized spacial score (nSPS) is 18.1. The molecule has 2 heterocycles. The summed E-state index contributed by atoms with van der Waals surface area (Å²) >= 11 is 0.572. The Bertz CT molecular complexity index is 453. The van der Waals surface area contributed by atoms with Crippen LogP contribution in [0.4, 0.5) is 18.3 Å². The lowest BCUT2D eigenvalue weighted by molar-refractivity contribution is -0.138. The van der Waals surface area contributed by atoms with Crippen molar-refractivity contribution >= 4 is 16.5 Å². The second-order valence-electron chi connectivity index (χ2n) is 6.26. The molecule has 1 fully saturated rings. The standard InChI is InChI=1S/C14H23F3N4S/c1-10(2)3-6-21-7-4-11(5-8-21)9-18-13-20-19-12(22-13)14(15,16)17/h10-11H,3-9H2,1-2H3,(H,18,20). The van der Waals surface area contributed by atoms with Gasteiger partial charge in [0.15, 0.2) is 0 Å². The Balaban J connectivity index is 1.69. The quantitative estimate of drug-likeness (QED) is 0.859. The summed E-state index contributed by atoms with van der Waals surface area (Å²) in [6, 6.07) is 0. The molecule has 0 atom stereocenters. The highest BCUT2D eigenvalue weighted by atomic mass is 32.1. The van der Waals surface area contributed by atoms with Gasteiger partial charge in [0, 0.05) is 6.54 Å². The van der Waals surface area contributed by atoms with E-state index in [4.69, 9.17) is 0 Å². The highest BCUT2D eigenvalue weighted by Gasteiger charge is 2.35. The van der Waals surface area contributed by atoms with E-state index in [2.05, 4.69) is 34.3 Å². The van der Waals surface area contributed by atoms with E-state index >= 15 is 0 Å². The van der Waals surface area contributed by atoms with Crippen LogP contribution in [0.25, 0.3) is 0 Å². The van der Waals surface area contributed by atoms with Crippen molar-refractivity contribution in [1.82, 2.24) is 15.1 Å². The number of anilines is 1. The average molecular weight is 336 g/mol. The largest absolute Gasteiger partial charge is 0.445 e. The van der Waals surface area contributed by atoms with Crippen molar-refractivity contribution < 1.29 is 13.2 Å². The van der Waals surface area contributed by atoms with Gasteiger partial charge in [0.2, 0.25) is 10.1 Å². The topological polar surface area (TPSA) is 41.0 Å². The number of piperidine rings is 1. The van der Waals surface area contributed by atoms with Crippen molar-refractivity contribution in [3.05, 3.63) is 5.01 Å². The molecule has 1 saturated heterocycles. The Labute approximate surface area is 133 Å². The third kappa shape index (κ3) is 5.39. The zero-order valence-corrected chi connectivity index (χ0v) is 13.8. The zero-order chi connectivity index (χ0) is 16.2. The van der Waals surface area contributed by atoms with Crippen molar-refractivity contribution in [2.24, 2.45) is 11.8 Å². The number of nitrogens with one attached hydrogen (secondary N) is 1. The lowest BCUT2D eigenvalue weighted by atomic mass is 9.96. The predicted octanol–water partition coefficient (Wildman–Crippen LogP) is 3.73. The van der Waals surface area contributed by atoms with E-state index in [0.29, 0.717) is 23.8 Å². The first-order chi connectivity index (χ1) is 10.3. The van der Waals surface area contributed by atoms with E-state index in [1.165, 1.54) is 6.42 Å². The minimum Gasteiger partial charge on any atom is -0.360 e. The Morgan fingerprint density at radius 3 is 2.50 bits per heavy atom. The Morgan fingerprint density at radius 1 is 1.27 bits per heavy atom. The number of hydrogen-bond acceptors (Lipinski definition) is 5. The lowest BCUT2D eigenvalue weighted by Gasteiger charge is -2.32. The van der Waals surface area contributed by atoms with Crippen molar-refractivity contribution in [3.8, 4) is 0 Å². The molecule has 0 aromatic carbocycles. The lowest BCUT2D eigenvalue weighted by Crippen LogP contribution is -2.36. The van der Waals surface area contributed by atoms with E-state index in [1.807, 2.05) is 0 Å². The van der Waals surface area contributed by atoms with Crippen molar-refractivity contribution in [2.75, 3.05) is 31.5 Å². The average Bonchev–Trinajstić information content (AvgIpc) is 2.93. The van der Waals surface area contributed by atoms with E-state index in [9.17, 15) is 13.2 Å². The monoisotopic (exact) mass is 336 g/mol. The summed E-state index contributed by atoms with van der Waals surface area (Å²) in [5.41, 5.74) is 0. The molecule has 1 aliphatic heterocycles. The molecule has 126 valence electrons. The maximum Gasteiger partial charge on any atom is 0.445 e. The summed E-state index contributed by atoms with van der Waals surface area (Å²) in [4.78, 5) is 2.48. The van der Waals surface area contributed by atoms with Gasteiger partial charge in [-0.15, -0.1) is 10.2 Å². The third-order valence-electron chi connectivity index (χ3n) is 3.94. The highest BCUT2D eigenvalue weighted by molar-refractivity contribution is 7.15. The molecule has 0 radical (unpaired) electrons. The number of hydrogen-bond donors (Lipinski definition) is 1. The molecule has 0 aliphatic carbocycles. The smallest absolute Gasteiger partial charge is 0.360 e. The van der Waals surface area contributed by atoms with Crippen LogP contribution in [0.1, 0.15) is 38.1 Å². The number of likely N-dealkylation sites (tertiary alicyclic amines) is 1. The molecule has 4 nitrogen and oxygen atoms in total. The van der Waals surface area contributed by atoms with Crippen LogP contribution in [0.5, 0.6) is 0 Å². The van der Waals surface area contributed by atoms with Gasteiger partial charge in [-0.25, -0.2) is 0 Å². The number of halogens is 3. The summed E-state index contributed by atoms with van der Waals surface area (Å²) in [5, 5.41) is 9.10. The molecule has 0 bridgehead atoms. The zero-order valence-electron chi connectivity index (χ0n) is 13.0. The van der Waals surface area contributed by atoms with E-state index in [1.54, 1.807) is 0 Å². The first kappa shape index (κ1) is 17.5. The fourth-order valence-electron chi connectivity index (χ4n) is 2.50. The van der Waals surface area contributed by atoms with Crippen LogP contribution >= 0.6 is 11.3 Å². The van der Waals surface area contributed by atoms with Gasteiger partial charge in [-0.3, -0.25) is 0 Å². The van der Waals surface area contributed by atoms with Crippen LogP contribution in [0.3, 0.4) is 0 Å². The van der Waals surface area contributed by atoms with Gasteiger partial charge in [-0.2, -0.15) is 13.2 Å². The second kappa shape index (κ2) is 7.59. The first-order valence-corrected chi connectivity index (χ1v) is 8.53. The summed E-state index contributed by atoms with van der Waals surface area (Å²) in [7, 11) is 0. The third-order valence-corrected chi connectivity index (χ3v) is 4.87. The number of aromatic nitrogens is 2. The summed E-state index contributed by atoms with van der Waals surface area (Å²) in [6.45, 7) is 8.42. The number of alkyl halides is 3. The van der Waals surface area contributed by atoms with Gasteiger partial charge in [-0.05, 0) is 50.7 Å². The van der Waals surface area contributed by atoms with Crippen LogP contribution in [-0.4, -0.2) is 41.3 Å². The molecular weight excluding hydrogens is 313 g/mol. The van der Waals surface area contributed by atoms with Crippen LogP contribution in [0, 0.1) is 11.8 Å². The van der Waals surface area contributed by atoms with E-state index in [-0.39, 0.29) is 5.13 Å². The van der Waals surface area contributed by atoms with Gasteiger partial charge >= 0.3 is 6.18 Å². The van der Waals surface area contributed by atoms with Crippen molar-refractivity contribution in [2.45, 2.75) is 39.3 Å². The molecule has 8 heteroatoms. The number of nitrogens with zero attached hydrogens (tertiary/aromatic N) is 3. The number of rotatable bonds is 6. The first-order valence-electron chi connectivity index (χ1n) is 7.71.